The molecule has 0 atom stereocenters. The van der Waals surface area contributed by atoms with Gasteiger partial charge in [-0.2, -0.15) is 0 Å². The summed E-state index contributed by atoms with van der Waals surface area (Å²) in [6, 6.07) is 18.0. The maximum atomic E-state index is 13.0. The molecule has 0 amide bonds. The van der Waals surface area contributed by atoms with E-state index in [-0.39, 0.29) is 13.2 Å². The van der Waals surface area contributed by atoms with Gasteiger partial charge in [-0.25, -0.2) is 9.59 Å². The number of carbonyl (C=O) groups excluding carboxylic acids is 3. The minimum atomic E-state index is -1.80. The summed E-state index contributed by atoms with van der Waals surface area (Å²) in [4.78, 5) is 37.7. The van der Waals surface area contributed by atoms with Gasteiger partial charge < -0.3 is 14.2 Å². The Morgan fingerprint density at radius 3 is 1.61 bits per heavy atom. The molecule has 2 aromatic carbocycles. The second kappa shape index (κ2) is 8.08. The van der Waals surface area contributed by atoms with Crippen LogP contribution in [0.4, 0.5) is 4.79 Å². The van der Waals surface area contributed by atoms with E-state index in [2.05, 4.69) is 0 Å². The SMILES string of the molecule is CCOC(=O)OC(=O)C1(C(=O)OCC)C(c2ccccc2)=C1c1ccccc1. The summed E-state index contributed by atoms with van der Waals surface area (Å²) < 4.78 is 14.8. The van der Waals surface area contributed by atoms with Crippen LogP contribution in [0.1, 0.15) is 25.0 Å². The molecule has 144 valence electrons. The van der Waals surface area contributed by atoms with Gasteiger partial charge in [-0.1, -0.05) is 60.7 Å². The van der Waals surface area contributed by atoms with Gasteiger partial charge in [0, 0.05) is 0 Å². The average molecular weight is 380 g/mol. The standard InChI is InChI=1S/C22H20O6/c1-3-26-19(23)22(20(24)28-21(25)27-4-2)17(15-11-7-5-8-12-15)18(22)16-13-9-6-10-14-16/h5-14H,3-4H2,1-2H3. The monoisotopic (exact) mass is 380 g/mol. The van der Waals surface area contributed by atoms with E-state index in [0.29, 0.717) is 22.3 Å². The molecule has 0 aromatic heterocycles. The third kappa shape index (κ3) is 3.29. The highest BCUT2D eigenvalue weighted by Gasteiger charge is 2.68. The van der Waals surface area contributed by atoms with Crippen LogP contribution >= 0.6 is 0 Å². The van der Waals surface area contributed by atoms with Crippen LogP contribution in [0.3, 0.4) is 0 Å². The molecule has 3 rings (SSSR count). The van der Waals surface area contributed by atoms with E-state index >= 15 is 0 Å². The van der Waals surface area contributed by atoms with Gasteiger partial charge >= 0.3 is 18.1 Å². The lowest BCUT2D eigenvalue weighted by Crippen LogP contribution is -2.35. The molecule has 0 aliphatic heterocycles. The number of benzene rings is 2. The molecule has 0 fully saturated rings. The fourth-order valence-corrected chi connectivity index (χ4v) is 3.24. The second-order valence-electron chi connectivity index (χ2n) is 6.03. The molecular formula is C22H20O6. The predicted molar refractivity (Wildman–Crippen MR) is 102 cm³/mol. The highest BCUT2D eigenvalue weighted by molar-refractivity contribution is 6.39. The van der Waals surface area contributed by atoms with Crippen LogP contribution in [-0.2, 0) is 23.8 Å². The fraction of sp³-hybridized carbons (Fsp3) is 0.227. The van der Waals surface area contributed by atoms with Crippen LogP contribution in [0.25, 0.3) is 11.1 Å². The van der Waals surface area contributed by atoms with Gasteiger partial charge in [0.1, 0.15) is 0 Å². The van der Waals surface area contributed by atoms with Crippen LogP contribution < -0.4 is 0 Å². The molecule has 6 nitrogen and oxygen atoms in total. The van der Waals surface area contributed by atoms with E-state index in [1.807, 2.05) is 12.1 Å². The smallest absolute Gasteiger partial charge is 0.465 e. The zero-order valence-corrected chi connectivity index (χ0v) is 15.6. The van der Waals surface area contributed by atoms with E-state index in [1.165, 1.54) is 0 Å². The van der Waals surface area contributed by atoms with E-state index < -0.39 is 23.5 Å². The van der Waals surface area contributed by atoms with Gasteiger partial charge in [-0.05, 0) is 36.1 Å². The molecule has 0 N–H and O–H groups in total. The second-order valence-corrected chi connectivity index (χ2v) is 6.03. The van der Waals surface area contributed by atoms with E-state index in [4.69, 9.17) is 14.2 Å². The molecular weight excluding hydrogens is 360 g/mol. The summed E-state index contributed by atoms with van der Waals surface area (Å²) in [6.07, 6.45) is -1.15. The van der Waals surface area contributed by atoms with Crippen molar-refractivity contribution in [1.82, 2.24) is 0 Å². The van der Waals surface area contributed by atoms with Crippen LogP contribution in [0.15, 0.2) is 60.7 Å². The number of hydrogen-bond acceptors (Lipinski definition) is 6. The third-order valence-electron chi connectivity index (χ3n) is 4.39. The Bertz CT molecular complexity index is 865. The molecule has 28 heavy (non-hydrogen) atoms. The van der Waals surface area contributed by atoms with E-state index in [9.17, 15) is 14.4 Å². The lowest BCUT2D eigenvalue weighted by atomic mass is 9.92. The Morgan fingerprint density at radius 2 is 1.18 bits per heavy atom. The maximum Gasteiger partial charge on any atom is 0.516 e. The van der Waals surface area contributed by atoms with Crippen molar-refractivity contribution >= 4 is 29.2 Å². The first kappa shape index (κ1) is 19.4. The van der Waals surface area contributed by atoms with Gasteiger partial charge in [-0.3, -0.25) is 4.79 Å². The predicted octanol–water partition coefficient (Wildman–Crippen LogP) is 3.86. The normalized spacial score (nSPS) is 14.2. The molecule has 0 unspecified atom stereocenters. The number of ether oxygens (including phenoxy) is 3. The van der Waals surface area contributed by atoms with Crippen LogP contribution in [0.5, 0.6) is 0 Å². The lowest BCUT2D eigenvalue weighted by Gasteiger charge is -2.17. The van der Waals surface area contributed by atoms with Crippen LogP contribution in [-0.4, -0.2) is 31.3 Å². The van der Waals surface area contributed by atoms with Gasteiger partial charge in [-0.15, -0.1) is 0 Å². The topological polar surface area (TPSA) is 78.9 Å². The van der Waals surface area contributed by atoms with Crippen LogP contribution in [0, 0.1) is 5.41 Å². The molecule has 0 radical (unpaired) electrons. The first-order valence-electron chi connectivity index (χ1n) is 8.99. The van der Waals surface area contributed by atoms with Crippen molar-refractivity contribution in [2.24, 2.45) is 5.41 Å². The first-order valence-corrected chi connectivity index (χ1v) is 8.99. The van der Waals surface area contributed by atoms with Crippen molar-refractivity contribution in [3.8, 4) is 0 Å². The highest BCUT2D eigenvalue weighted by atomic mass is 16.7. The molecule has 0 saturated heterocycles. The summed E-state index contributed by atoms with van der Waals surface area (Å²) in [5, 5.41) is 0. The summed E-state index contributed by atoms with van der Waals surface area (Å²) in [5.41, 5.74) is 0.482. The van der Waals surface area contributed by atoms with Crippen molar-refractivity contribution in [2.45, 2.75) is 13.8 Å². The molecule has 0 heterocycles. The number of rotatable bonds is 6. The first-order chi connectivity index (χ1) is 13.6. The fourth-order valence-electron chi connectivity index (χ4n) is 3.24. The molecule has 0 bridgehead atoms. The molecule has 0 spiro atoms. The lowest BCUT2D eigenvalue weighted by molar-refractivity contribution is -0.159. The Hall–Kier alpha value is -3.41. The summed E-state index contributed by atoms with van der Waals surface area (Å²) in [5.74, 6) is -1.80. The zero-order chi connectivity index (χ0) is 20.1. The molecule has 6 heteroatoms. The number of hydrogen-bond donors (Lipinski definition) is 0. The Morgan fingerprint density at radius 1 is 0.714 bits per heavy atom. The maximum absolute atomic E-state index is 13.0. The van der Waals surface area contributed by atoms with E-state index in [0.717, 1.165) is 0 Å². The number of carbonyl (C=O) groups is 3. The number of esters is 2. The summed E-state index contributed by atoms with van der Waals surface area (Å²) in [6.45, 7) is 3.36. The molecule has 2 aromatic rings. The Labute approximate surface area is 162 Å². The minimum Gasteiger partial charge on any atom is -0.465 e. The zero-order valence-electron chi connectivity index (χ0n) is 15.6. The van der Waals surface area contributed by atoms with Crippen molar-refractivity contribution in [3.63, 3.8) is 0 Å². The highest BCUT2D eigenvalue weighted by Crippen LogP contribution is 2.65. The molecule has 1 aliphatic carbocycles. The van der Waals surface area contributed by atoms with Crippen LogP contribution in [0.2, 0.25) is 0 Å². The summed E-state index contributed by atoms with van der Waals surface area (Å²) in [7, 11) is 0. The summed E-state index contributed by atoms with van der Waals surface area (Å²) >= 11 is 0. The Balaban J connectivity index is 2.11. The van der Waals surface area contributed by atoms with Crippen molar-refractivity contribution in [1.29, 1.82) is 0 Å². The van der Waals surface area contributed by atoms with Crippen molar-refractivity contribution in [3.05, 3.63) is 71.8 Å². The van der Waals surface area contributed by atoms with E-state index in [1.54, 1.807) is 62.4 Å². The van der Waals surface area contributed by atoms with Gasteiger partial charge in [0.25, 0.3) is 0 Å². The van der Waals surface area contributed by atoms with Crippen molar-refractivity contribution in [2.75, 3.05) is 13.2 Å². The molecule has 1 aliphatic rings. The Kier molecular flexibility index (Phi) is 5.59. The molecule has 0 saturated carbocycles. The van der Waals surface area contributed by atoms with Crippen molar-refractivity contribution < 1.29 is 28.6 Å². The van der Waals surface area contributed by atoms with Gasteiger partial charge in [0.2, 0.25) is 5.41 Å². The van der Waals surface area contributed by atoms with Gasteiger partial charge in [0.15, 0.2) is 0 Å². The average Bonchev–Trinajstić information content (AvgIpc) is 3.41. The largest absolute Gasteiger partial charge is 0.516 e. The quantitative estimate of drug-likeness (QED) is 0.559. The third-order valence-corrected chi connectivity index (χ3v) is 4.39. The van der Waals surface area contributed by atoms with Gasteiger partial charge in [0.05, 0.1) is 13.2 Å². The minimum absolute atomic E-state index is 0.0447.